The van der Waals surface area contributed by atoms with E-state index in [1.54, 1.807) is 29.2 Å². The van der Waals surface area contributed by atoms with Gasteiger partial charge in [-0.2, -0.15) is 0 Å². The van der Waals surface area contributed by atoms with Gasteiger partial charge in [0, 0.05) is 44.0 Å². The monoisotopic (exact) mass is 383 g/mol. The van der Waals surface area contributed by atoms with E-state index in [1.165, 1.54) is 18.9 Å². The first-order chi connectivity index (χ1) is 12.3. The summed E-state index contributed by atoms with van der Waals surface area (Å²) in [5, 5.41) is 12.6. The fourth-order valence-corrected chi connectivity index (χ4v) is 2.75. The quantitative estimate of drug-likeness (QED) is 0.773. The lowest BCUT2D eigenvalue weighted by Crippen LogP contribution is -2.54. The number of methoxy groups -OCH3 is 1. The number of nitrogens with one attached hydrogen (secondary N) is 1. The summed E-state index contributed by atoms with van der Waals surface area (Å²) in [6.45, 7) is 2.58. The van der Waals surface area contributed by atoms with E-state index in [9.17, 15) is 19.5 Å². The molecule has 8 nitrogen and oxygen atoms in total. The first kappa shape index (κ1) is 20.0. The second kappa shape index (κ2) is 8.37. The largest absolute Gasteiger partial charge is 0.479 e. The van der Waals surface area contributed by atoms with Crippen molar-refractivity contribution in [3.63, 3.8) is 0 Å². The fraction of sp³-hybridized carbons (Fsp3) is 0.471. The van der Waals surface area contributed by atoms with E-state index in [1.807, 2.05) is 0 Å². The van der Waals surface area contributed by atoms with Gasteiger partial charge in [0.15, 0.2) is 0 Å². The van der Waals surface area contributed by atoms with Crippen molar-refractivity contribution in [1.29, 1.82) is 0 Å². The summed E-state index contributed by atoms with van der Waals surface area (Å²) in [6.07, 6.45) is 0.541. The van der Waals surface area contributed by atoms with Crippen LogP contribution in [0.2, 0.25) is 5.02 Å². The van der Waals surface area contributed by atoms with Crippen LogP contribution in [0.1, 0.15) is 13.3 Å². The van der Waals surface area contributed by atoms with Crippen LogP contribution in [-0.2, 0) is 14.3 Å². The normalized spacial score (nSPS) is 17.2. The summed E-state index contributed by atoms with van der Waals surface area (Å²) < 4.78 is 4.92. The summed E-state index contributed by atoms with van der Waals surface area (Å²) in [5.74, 6) is -1.96. The molecule has 1 aromatic rings. The third kappa shape index (κ3) is 4.44. The fourth-order valence-electron chi connectivity index (χ4n) is 2.63. The van der Waals surface area contributed by atoms with Gasteiger partial charge in [0.1, 0.15) is 0 Å². The third-order valence-electron chi connectivity index (χ3n) is 4.39. The van der Waals surface area contributed by atoms with E-state index in [0.717, 1.165) is 0 Å². The van der Waals surface area contributed by atoms with Crippen molar-refractivity contribution in [2.45, 2.75) is 18.9 Å². The van der Waals surface area contributed by atoms with Crippen molar-refractivity contribution in [3.05, 3.63) is 29.3 Å². The molecular weight excluding hydrogens is 362 g/mol. The lowest BCUT2D eigenvalue weighted by molar-refractivity contribution is -0.173. The van der Waals surface area contributed by atoms with Gasteiger partial charge in [0.2, 0.25) is 5.60 Å². The van der Waals surface area contributed by atoms with E-state index in [-0.39, 0.29) is 12.6 Å². The number of carbonyl (C=O) groups is 3. The number of anilines is 1. The summed E-state index contributed by atoms with van der Waals surface area (Å²) in [6, 6.07) is 6.47. The molecular formula is C17H22ClN3O5. The Morgan fingerprint density at radius 1 is 1.12 bits per heavy atom. The van der Waals surface area contributed by atoms with Gasteiger partial charge in [-0.3, -0.25) is 4.79 Å². The van der Waals surface area contributed by atoms with Crippen LogP contribution in [0.25, 0.3) is 0 Å². The SMILES string of the molecule is COC(C)(C(=O)O)C(=O)N1CCCN(C(=O)Nc2ccc(Cl)cc2)CC1. The number of halogens is 1. The van der Waals surface area contributed by atoms with Crippen molar-refractivity contribution in [2.75, 3.05) is 38.6 Å². The van der Waals surface area contributed by atoms with Crippen molar-refractivity contribution >= 4 is 35.2 Å². The van der Waals surface area contributed by atoms with Crippen LogP contribution in [0, 0.1) is 0 Å². The molecule has 26 heavy (non-hydrogen) atoms. The molecule has 0 radical (unpaired) electrons. The molecule has 2 N–H and O–H groups in total. The number of nitrogens with zero attached hydrogens (tertiary/aromatic N) is 2. The Hall–Kier alpha value is -2.32. The van der Waals surface area contributed by atoms with Crippen LogP contribution in [0.3, 0.4) is 0 Å². The predicted molar refractivity (Wildman–Crippen MR) is 96.3 cm³/mol. The number of carboxylic acid groups (broad SMARTS) is 1. The molecule has 1 unspecified atom stereocenters. The Bertz CT molecular complexity index is 681. The lowest BCUT2D eigenvalue weighted by Gasteiger charge is -2.29. The number of urea groups is 1. The average Bonchev–Trinajstić information content (AvgIpc) is 2.88. The zero-order valence-electron chi connectivity index (χ0n) is 14.7. The summed E-state index contributed by atoms with van der Waals surface area (Å²) >= 11 is 5.82. The zero-order valence-corrected chi connectivity index (χ0v) is 15.5. The summed E-state index contributed by atoms with van der Waals surface area (Å²) in [4.78, 5) is 39.3. The molecule has 1 heterocycles. The van der Waals surface area contributed by atoms with Crippen LogP contribution < -0.4 is 5.32 Å². The molecule has 1 fully saturated rings. The number of aliphatic carboxylic acids is 1. The molecule has 0 aliphatic carbocycles. The molecule has 1 saturated heterocycles. The molecule has 0 saturated carbocycles. The Balaban J connectivity index is 1.99. The molecule has 0 bridgehead atoms. The Morgan fingerprint density at radius 2 is 1.69 bits per heavy atom. The molecule has 1 aromatic carbocycles. The van der Waals surface area contributed by atoms with E-state index in [4.69, 9.17) is 16.3 Å². The van der Waals surface area contributed by atoms with Crippen molar-refractivity contribution in [2.24, 2.45) is 0 Å². The number of hydrogen-bond donors (Lipinski definition) is 2. The van der Waals surface area contributed by atoms with E-state index in [2.05, 4.69) is 5.32 Å². The van der Waals surface area contributed by atoms with Gasteiger partial charge in [0.25, 0.3) is 5.91 Å². The second-order valence-electron chi connectivity index (χ2n) is 6.11. The molecule has 1 aliphatic rings. The molecule has 1 atom stereocenters. The average molecular weight is 384 g/mol. The van der Waals surface area contributed by atoms with Gasteiger partial charge in [-0.1, -0.05) is 11.6 Å². The number of ether oxygens (including phenoxy) is 1. The minimum absolute atomic E-state index is 0.235. The van der Waals surface area contributed by atoms with Gasteiger partial charge in [-0.15, -0.1) is 0 Å². The standard InChI is InChI=1S/C17H22ClN3O5/c1-17(26-2,15(23)24)14(22)20-8-3-9-21(11-10-20)16(25)19-13-6-4-12(18)5-7-13/h4-7H,3,8-11H2,1-2H3,(H,19,25)(H,23,24). The van der Waals surface area contributed by atoms with Crippen LogP contribution in [0.5, 0.6) is 0 Å². The first-order valence-corrected chi connectivity index (χ1v) is 8.55. The Kier molecular flexibility index (Phi) is 6.44. The van der Waals surface area contributed by atoms with E-state index in [0.29, 0.717) is 36.8 Å². The van der Waals surface area contributed by atoms with Crippen LogP contribution in [0.4, 0.5) is 10.5 Å². The molecule has 3 amide bonds. The van der Waals surface area contributed by atoms with E-state index >= 15 is 0 Å². The number of amides is 3. The number of rotatable bonds is 4. The predicted octanol–water partition coefficient (Wildman–Crippen LogP) is 1.90. The van der Waals surface area contributed by atoms with Crippen LogP contribution in [0.15, 0.2) is 24.3 Å². The number of hydrogen-bond acceptors (Lipinski definition) is 4. The molecule has 9 heteroatoms. The Labute approximate surface area is 156 Å². The Morgan fingerprint density at radius 3 is 2.27 bits per heavy atom. The summed E-state index contributed by atoms with van der Waals surface area (Å²) in [7, 11) is 1.19. The maximum Gasteiger partial charge on any atom is 0.345 e. The molecule has 2 rings (SSSR count). The minimum atomic E-state index is -1.93. The van der Waals surface area contributed by atoms with Crippen molar-refractivity contribution < 1.29 is 24.2 Å². The molecule has 142 valence electrons. The number of benzene rings is 1. The van der Waals surface area contributed by atoms with Crippen LogP contribution >= 0.6 is 11.6 Å². The van der Waals surface area contributed by atoms with E-state index < -0.39 is 17.5 Å². The van der Waals surface area contributed by atoms with Gasteiger partial charge in [0.05, 0.1) is 0 Å². The highest BCUT2D eigenvalue weighted by molar-refractivity contribution is 6.30. The number of carboxylic acids is 1. The molecule has 0 aromatic heterocycles. The van der Waals surface area contributed by atoms with Gasteiger partial charge in [-0.05, 0) is 37.6 Å². The van der Waals surface area contributed by atoms with Gasteiger partial charge >= 0.3 is 12.0 Å². The minimum Gasteiger partial charge on any atom is -0.479 e. The second-order valence-corrected chi connectivity index (χ2v) is 6.55. The number of carbonyl (C=O) groups excluding carboxylic acids is 2. The molecule has 1 aliphatic heterocycles. The highest BCUT2D eigenvalue weighted by Gasteiger charge is 2.44. The van der Waals surface area contributed by atoms with Gasteiger partial charge in [-0.25, -0.2) is 9.59 Å². The smallest absolute Gasteiger partial charge is 0.345 e. The van der Waals surface area contributed by atoms with Crippen LogP contribution in [-0.4, -0.2) is 71.7 Å². The maximum absolute atomic E-state index is 12.5. The topological polar surface area (TPSA) is 99.2 Å². The molecule has 0 spiro atoms. The first-order valence-electron chi connectivity index (χ1n) is 8.17. The van der Waals surface area contributed by atoms with Crippen molar-refractivity contribution in [1.82, 2.24) is 9.80 Å². The lowest BCUT2D eigenvalue weighted by atomic mass is 10.1. The highest BCUT2D eigenvalue weighted by atomic mass is 35.5. The summed E-state index contributed by atoms with van der Waals surface area (Å²) in [5.41, 5.74) is -1.31. The highest BCUT2D eigenvalue weighted by Crippen LogP contribution is 2.17. The van der Waals surface area contributed by atoms with Gasteiger partial charge < -0.3 is 25.0 Å². The third-order valence-corrected chi connectivity index (χ3v) is 4.64. The zero-order chi connectivity index (χ0) is 19.3. The maximum atomic E-state index is 12.5. The van der Waals surface area contributed by atoms with Crippen molar-refractivity contribution in [3.8, 4) is 0 Å².